The van der Waals surface area contributed by atoms with Gasteiger partial charge in [-0.3, -0.25) is 24.1 Å². The number of nitrogens with zero attached hydrogens (tertiary/aromatic N) is 2. The minimum Gasteiger partial charge on any atom is -0.453 e. The van der Waals surface area contributed by atoms with E-state index in [9.17, 15) is 28.8 Å². The number of nitrogens with two attached hydrogens (primary N) is 2. The molecule has 0 aromatic rings. The van der Waals surface area contributed by atoms with E-state index in [0.29, 0.717) is 11.4 Å². The number of primary amides is 1. The van der Waals surface area contributed by atoms with Crippen LogP contribution >= 0.6 is 0 Å². The fraction of sp³-hybridized carbons (Fsp3) is 0.444. The molecule has 0 radical (unpaired) electrons. The van der Waals surface area contributed by atoms with Gasteiger partial charge < -0.3 is 20.9 Å². The number of hydrogen-bond acceptors (Lipinski definition) is 9. The molecule has 0 spiro atoms. The Balaban J connectivity index is -0.000000161. The smallest absolute Gasteiger partial charge is 0.423 e. The zero-order chi connectivity index (χ0) is 22.3. The van der Waals surface area contributed by atoms with Crippen molar-refractivity contribution in [1.82, 2.24) is 9.80 Å². The van der Waals surface area contributed by atoms with Crippen molar-refractivity contribution in [3.05, 3.63) is 24.3 Å². The van der Waals surface area contributed by atoms with Crippen molar-refractivity contribution in [3.8, 4) is 0 Å². The summed E-state index contributed by atoms with van der Waals surface area (Å²) in [6.45, 7) is 4.88. The van der Waals surface area contributed by atoms with Gasteiger partial charge in [-0.15, -0.1) is 0 Å². The highest BCUT2D eigenvalue weighted by molar-refractivity contribution is 6.21. The van der Waals surface area contributed by atoms with E-state index in [0.717, 1.165) is 25.8 Å². The SMILES string of the molecule is C.C.CCN.CCN1C(=O)C=CC1=O.COC(=O)N1C(=O)C=CC1=O.COC(N)=O. The summed E-state index contributed by atoms with van der Waals surface area (Å²) in [4.78, 5) is 64.3. The number of ether oxygens (including phenoxy) is 2. The van der Waals surface area contributed by atoms with Gasteiger partial charge in [0.1, 0.15) is 0 Å². The first-order valence-electron chi connectivity index (χ1n) is 7.82. The van der Waals surface area contributed by atoms with Crippen LogP contribution in [0.3, 0.4) is 0 Å². The standard InChI is InChI=1S/C6H5NO4.C6H7NO2.C2H5NO2.C2H7N.2CH4/c1-11-6(10)7-4(8)2-3-5(7)9;1-2-7-5(8)3-4-6(7)9;1-5-2(3)4;1-2-3;;/h2-3H,1H3;3-4H,2H2,1H3;1H3,(H2,3,4);2-3H2,1H3;2*1H4. The van der Waals surface area contributed by atoms with Gasteiger partial charge >= 0.3 is 12.2 Å². The van der Waals surface area contributed by atoms with Gasteiger partial charge in [-0.1, -0.05) is 21.8 Å². The van der Waals surface area contributed by atoms with Crippen LogP contribution in [0.15, 0.2) is 24.3 Å². The molecule has 12 heteroatoms. The van der Waals surface area contributed by atoms with E-state index >= 15 is 0 Å². The number of likely N-dealkylation sites (N-methyl/N-ethyl adjacent to an activating group) is 1. The molecule has 2 heterocycles. The van der Waals surface area contributed by atoms with Crippen molar-refractivity contribution >= 4 is 35.8 Å². The van der Waals surface area contributed by atoms with Crippen molar-refractivity contribution in [3.63, 3.8) is 0 Å². The lowest BCUT2D eigenvalue weighted by Gasteiger charge is -2.08. The first-order valence-corrected chi connectivity index (χ1v) is 7.82. The average molecular weight is 432 g/mol. The lowest BCUT2D eigenvalue weighted by molar-refractivity contribution is -0.137. The monoisotopic (exact) mass is 432 g/mol. The third-order valence-electron chi connectivity index (χ3n) is 2.58. The van der Waals surface area contributed by atoms with Gasteiger partial charge in [-0.05, 0) is 13.5 Å². The Hall–Kier alpha value is -3.54. The second kappa shape index (κ2) is 18.8. The van der Waals surface area contributed by atoms with Crippen molar-refractivity contribution in [2.24, 2.45) is 11.5 Å². The molecule has 2 aliphatic heterocycles. The molecule has 0 atom stereocenters. The summed E-state index contributed by atoms with van der Waals surface area (Å²) in [7, 11) is 2.32. The summed E-state index contributed by atoms with van der Waals surface area (Å²) in [5, 5.41) is 0. The maximum absolute atomic E-state index is 10.7. The Kier molecular flexibility index (Phi) is 21.3. The van der Waals surface area contributed by atoms with E-state index in [2.05, 4.69) is 15.2 Å². The van der Waals surface area contributed by atoms with Crippen molar-refractivity contribution in [2.75, 3.05) is 27.3 Å². The molecule has 0 unspecified atom stereocenters. The highest BCUT2D eigenvalue weighted by Crippen LogP contribution is 2.04. The lowest BCUT2D eigenvalue weighted by atomic mass is 10.5. The van der Waals surface area contributed by atoms with Crippen LogP contribution in [0.2, 0.25) is 0 Å². The number of carbonyl (C=O) groups is 6. The molecule has 2 rings (SSSR count). The maximum atomic E-state index is 10.7. The third kappa shape index (κ3) is 12.8. The number of amides is 6. The summed E-state index contributed by atoms with van der Waals surface area (Å²) < 4.78 is 8.07. The zero-order valence-corrected chi connectivity index (χ0v) is 16.0. The Morgan fingerprint density at radius 1 is 0.833 bits per heavy atom. The first kappa shape index (κ1) is 34.0. The molecule has 0 fully saturated rings. The highest BCUT2D eigenvalue weighted by atomic mass is 16.5. The van der Waals surface area contributed by atoms with Crippen LogP contribution in [-0.2, 0) is 28.7 Å². The number of imide groups is 4. The van der Waals surface area contributed by atoms with Crippen molar-refractivity contribution in [2.45, 2.75) is 28.7 Å². The number of methoxy groups -OCH3 is 2. The summed E-state index contributed by atoms with van der Waals surface area (Å²) in [5.74, 6) is -1.74. The molecule has 4 N–H and O–H groups in total. The molecule has 0 aromatic carbocycles. The summed E-state index contributed by atoms with van der Waals surface area (Å²) in [6, 6.07) is 0. The molecular formula is C18H32N4O8. The Morgan fingerprint density at radius 3 is 1.33 bits per heavy atom. The molecule has 12 nitrogen and oxygen atoms in total. The molecule has 0 saturated heterocycles. The van der Waals surface area contributed by atoms with Crippen LogP contribution in [0.1, 0.15) is 28.7 Å². The molecule has 0 aromatic heterocycles. The Morgan fingerprint density at radius 2 is 1.13 bits per heavy atom. The Bertz CT molecular complexity index is 623. The van der Waals surface area contributed by atoms with E-state index in [-0.39, 0.29) is 26.7 Å². The predicted octanol–water partition coefficient (Wildman–Crippen LogP) is 0.558. The van der Waals surface area contributed by atoms with Crippen LogP contribution < -0.4 is 11.5 Å². The first-order chi connectivity index (χ1) is 13.1. The number of hydrogen-bond donors (Lipinski definition) is 2. The molecule has 172 valence electrons. The van der Waals surface area contributed by atoms with E-state index in [1.807, 2.05) is 6.92 Å². The van der Waals surface area contributed by atoms with Gasteiger partial charge in [-0.25, -0.2) is 9.59 Å². The molecular weight excluding hydrogens is 400 g/mol. The average Bonchev–Trinajstić information content (AvgIpc) is 3.16. The fourth-order valence-corrected chi connectivity index (χ4v) is 1.41. The van der Waals surface area contributed by atoms with Gasteiger partial charge in [0, 0.05) is 30.8 Å². The highest BCUT2D eigenvalue weighted by Gasteiger charge is 2.30. The topological polar surface area (TPSA) is 179 Å². The quantitative estimate of drug-likeness (QED) is 0.560. The van der Waals surface area contributed by atoms with E-state index in [1.54, 1.807) is 6.92 Å². The van der Waals surface area contributed by atoms with Gasteiger partial charge in [-0.2, -0.15) is 4.90 Å². The van der Waals surface area contributed by atoms with Crippen molar-refractivity contribution in [1.29, 1.82) is 0 Å². The maximum Gasteiger partial charge on any atom is 0.423 e. The van der Waals surface area contributed by atoms with Crippen LogP contribution in [-0.4, -0.2) is 72.9 Å². The van der Waals surface area contributed by atoms with Crippen LogP contribution in [0, 0.1) is 0 Å². The number of rotatable bonds is 1. The van der Waals surface area contributed by atoms with Crippen LogP contribution in [0.5, 0.6) is 0 Å². The van der Waals surface area contributed by atoms with E-state index in [4.69, 9.17) is 5.73 Å². The predicted molar refractivity (Wildman–Crippen MR) is 110 cm³/mol. The largest absolute Gasteiger partial charge is 0.453 e. The molecule has 6 amide bonds. The van der Waals surface area contributed by atoms with E-state index in [1.165, 1.54) is 24.2 Å². The molecule has 0 saturated carbocycles. The minimum absolute atomic E-state index is 0. The zero-order valence-electron chi connectivity index (χ0n) is 16.0. The second-order valence-electron chi connectivity index (χ2n) is 4.50. The van der Waals surface area contributed by atoms with Crippen LogP contribution in [0.25, 0.3) is 0 Å². The normalized spacial score (nSPS) is 12.8. The third-order valence-corrected chi connectivity index (χ3v) is 2.58. The summed E-state index contributed by atoms with van der Waals surface area (Å²) >= 11 is 0. The summed E-state index contributed by atoms with van der Waals surface area (Å²) in [5.41, 5.74) is 9.28. The van der Waals surface area contributed by atoms with Gasteiger partial charge in [0.2, 0.25) is 0 Å². The van der Waals surface area contributed by atoms with E-state index < -0.39 is 24.0 Å². The lowest BCUT2D eigenvalue weighted by Crippen LogP contribution is -2.35. The minimum atomic E-state index is -0.954. The molecule has 0 aliphatic carbocycles. The van der Waals surface area contributed by atoms with Gasteiger partial charge in [0.25, 0.3) is 23.6 Å². The van der Waals surface area contributed by atoms with Gasteiger partial charge in [0.05, 0.1) is 14.2 Å². The summed E-state index contributed by atoms with van der Waals surface area (Å²) in [6.07, 6.45) is 2.89. The molecule has 30 heavy (non-hydrogen) atoms. The van der Waals surface area contributed by atoms with Crippen molar-refractivity contribution < 1.29 is 38.2 Å². The fourth-order valence-electron chi connectivity index (χ4n) is 1.41. The Labute approximate surface area is 176 Å². The number of carbonyl (C=O) groups excluding carboxylic acids is 6. The second-order valence-corrected chi connectivity index (χ2v) is 4.50. The molecule has 0 bridgehead atoms. The van der Waals surface area contributed by atoms with Gasteiger partial charge in [0.15, 0.2) is 0 Å². The van der Waals surface area contributed by atoms with Crippen LogP contribution in [0.4, 0.5) is 9.59 Å². The molecule has 2 aliphatic rings.